The van der Waals surface area contributed by atoms with Crippen LogP contribution in [0.25, 0.3) is 0 Å². The van der Waals surface area contributed by atoms with Crippen molar-refractivity contribution in [2.24, 2.45) is 0 Å². The smallest absolute Gasteiger partial charge is 1.00 e. The van der Waals surface area contributed by atoms with Gasteiger partial charge in [0.1, 0.15) is 0 Å². The first-order chi connectivity index (χ1) is 1.00. The van der Waals surface area contributed by atoms with Gasteiger partial charge in [-0.1, -0.05) is 13.8 Å². The summed E-state index contributed by atoms with van der Waals surface area (Å²) >= 11 is 0. The molecule has 0 saturated heterocycles. The quantitative estimate of drug-likeness (QED) is 0.396. The molecule has 0 nitrogen and oxygen atoms in total. The SMILES string of the molecule is CC.Cl.[H-].[H-].[Mg+2]. The fourth-order valence-corrected chi connectivity index (χ4v) is 0. The molecule has 0 bridgehead atoms. The molecule has 0 heterocycles. The zero-order valence-electron chi connectivity index (χ0n) is 5.12. The van der Waals surface area contributed by atoms with Gasteiger partial charge in [-0.05, 0) is 0 Å². The maximum atomic E-state index is 2.00. The topological polar surface area (TPSA) is 0 Å². The van der Waals surface area contributed by atoms with Gasteiger partial charge in [0, 0.05) is 0 Å². The zero-order chi connectivity index (χ0) is 2.00. The van der Waals surface area contributed by atoms with E-state index >= 15 is 0 Å². The average molecular weight is 92.9 g/mol. The average Bonchev–Trinajstić information content (AvgIpc) is 1.00. The molecule has 0 aromatic carbocycles. The van der Waals surface area contributed by atoms with Crippen molar-refractivity contribution < 1.29 is 2.85 Å². The Morgan fingerprint density at radius 1 is 1.25 bits per heavy atom. The Kier molecular flexibility index (Phi) is 167. The minimum Gasteiger partial charge on any atom is -1.00 e. The van der Waals surface area contributed by atoms with Crippen LogP contribution in [0.5, 0.6) is 0 Å². The van der Waals surface area contributed by atoms with Crippen LogP contribution in [0.3, 0.4) is 0 Å². The van der Waals surface area contributed by atoms with Crippen LogP contribution in [0, 0.1) is 0 Å². The number of hydrogen-bond donors (Lipinski definition) is 0. The van der Waals surface area contributed by atoms with Crippen LogP contribution in [0.1, 0.15) is 16.7 Å². The molecule has 0 aliphatic carbocycles. The van der Waals surface area contributed by atoms with Gasteiger partial charge in [0.05, 0.1) is 0 Å². The van der Waals surface area contributed by atoms with Gasteiger partial charge < -0.3 is 2.85 Å². The van der Waals surface area contributed by atoms with Crippen LogP contribution in [0.15, 0.2) is 0 Å². The monoisotopic (exact) mass is 92.0 g/mol. The van der Waals surface area contributed by atoms with Crippen molar-refractivity contribution in [2.75, 3.05) is 0 Å². The molecule has 0 saturated carbocycles. The minimum atomic E-state index is 0. The number of rotatable bonds is 0. The zero-order valence-corrected chi connectivity index (χ0v) is 5.35. The molecule has 0 aliphatic heterocycles. The molecule has 0 aromatic rings. The van der Waals surface area contributed by atoms with Crippen LogP contribution < -0.4 is 0 Å². The third kappa shape index (κ3) is 11.6. The summed E-state index contributed by atoms with van der Waals surface area (Å²) in [7, 11) is 0. The molecule has 0 amide bonds. The Hall–Kier alpha value is 1.06. The van der Waals surface area contributed by atoms with Crippen LogP contribution in [-0.4, -0.2) is 23.1 Å². The molecule has 0 spiro atoms. The van der Waals surface area contributed by atoms with E-state index in [0.717, 1.165) is 0 Å². The molecule has 0 aliphatic rings. The third-order valence-corrected chi connectivity index (χ3v) is 0. The second-order valence-electron chi connectivity index (χ2n) is 0. The van der Waals surface area contributed by atoms with Crippen molar-refractivity contribution >= 4 is 35.5 Å². The number of halogens is 1. The number of hydrogen-bond acceptors (Lipinski definition) is 0. The van der Waals surface area contributed by atoms with E-state index in [4.69, 9.17) is 0 Å². The van der Waals surface area contributed by atoms with E-state index in [9.17, 15) is 0 Å². The maximum Gasteiger partial charge on any atom is 2.00 e. The fraction of sp³-hybridized carbons (Fsp3) is 1.00. The van der Waals surface area contributed by atoms with Gasteiger partial charge in [-0.25, -0.2) is 0 Å². The van der Waals surface area contributed by atoms with Crippen LogP contribution >= 0.6 is 12.4 Å². The molecule has 26 valence electrons. The molecule has 4 heavy (non-hydrogen) atoms. The summed E-state index contributed by atoms with van der Waals surface area (Å²) in [4.78, 5) is 0. The molecular formula is C2H9ClMg. The molecule has 0 rings (SSSR count). The summed E-state index contributed by atoms with van der Waals surface area (Å²) in [6.45, 7) is 4.00. The van der Waals surface area contributed by atoms with Gasteiger partial charge in [-0.3, -0.25) is 0 Å². The van der Waals surface area contributed by atoms with Crippen molar-refractivity contribution in [2.45, 2.75) is 13.8 Å². The Labute approximate surface area is 52.5 Å². The first-order valence-corrected chi connectivity index (χ1v) is 1.00. The normalized spacial score (nSPS) is 1.50. The Bertz CT molecular complexity index is 11.5. The first kappa shape index (κ1) is 19.7. The van der Waals surface area contributed by atoms with Crippen LogP contribution in [0.2, 0.25) is 0 Å². The summed E-state index contributed by atoms with van der Waals surface area (Å²) in [5, 5.41) is 0. The molecule has 0 aromatic heterocycles. The Morgan fingerprint density at radius 2 is 1.25 bits per heavy atom. The van der Waals surface area contributed by atoms with Crippen molar-refractivity contribution in [1.82, 2.24) is 0 Å². The maximum absolute atomic E-state index is 2.00. The van der Waals surface area contributed by atoms with E-state index in [1.807, 2.05) is 13.8 Å². The molecule has 0 fully saturated rings. The largest absolute Gasteiger partial charge is 2.00 e. The van der Waals surface area contributed by atoms with Crippen LogP contribution in [-0.2, 0) is 0 Å². The molecule has 0 N–H and O–H groups in total. The molecular weight excluding hydrogens is 83.8 g/mol. The molecule has 0 radical (unpaired) electrons. The Balaban J connectivity index is -0.000000000833. The summed E-state index contributed by atoms with van der Waals surface area (Å²) < 4.78 is 0. The second kappa shape index (κ2) is 34.0. The predicted octanol–water partition coefficient (Wildman–Crippen LogP) is 1.29. The molecule has 0 atom stereocenters. The predicted molar refractivity (Wildman–Crippen MR) is 26.6 cm³/mol. The summed E-state index contributed by atoms with van der Waals surface area (Å²) in [6, 6.07) is 0. The summed E-state index contributed by atoms with van der Waals surface area (Å²) in [6.07, 6.45) is 0. The molecule has 0 unspecified atom stereocenters. The van der Waals surface area contributed by atoms with Crippen molar-refractivity contribution in [3.8, 4) is 0 Å². The van der Waals surface area contributed by atoms with Gasteiger partial charge in [0.25, 0.3) is 0 Å². The van der Waals surface area contributed by atoms with E-state index in [0.29, 0.717) is 0 Å². The van der Waals surface area contributed by atoms with Gasteiger partial charge in [0.2, 0.25) is 0 Å². The van der Waals surface area contributed by atoms with Crippen molar-refractivity contribution in [1.29, 1.82) is 0 Å². The summed E-state index contributed by atoms with van der Waals surface area (Å²) in [5.41, 5.74) is 0. The summed E-state index contributed by atoms with van der Waals surface area (Å²) in [5.74, 6) is 0. The van der Waals surface area contributed by atoms with Gasteiger partial charge in [-0.2, -0.15) is 0 Å². The second-order valence-corrected chi connectivity index (χ2v) is 0. The van der Waals surface area contributed by atoms with Crippen LogP contribution in [0.4, 0.5) is 0 Å². The fourth-order valence-electron chi connectivity index (χ4n) is 0. The first-order valence-electron chi connectivity index (χ1n) is 1.00. The third-order valence-electron chi connectivity index (χ3n) is 0. The van der Waals surface area contributed by atoms with Crippen molar-refractivity contribution in [3.63, 3.8) is 0 Å². The Morgan fingerprint density at radius 3 is 1.25 bits per heavy atom. The molecule has 2 heteroatoms. The standard InChI is InChI=1S/C2H6.ClH.Mg.2H/c1-2;;;;/h1-2H3;1H;;;/q;;+2;2*-1. The van der Waals surface area contributed by atoms with Crippen molar-refractivity contribution in [3.05, 3.63) is 0 Å². The van der Waals surface area contributed by atoms with E-state index in [2.05, 4.69) is 0 Å². The minimum absolute atomic E-state index is 0. The van der Waals surface area contributed by atoms with Gasteiger partial charge in [-0.15, -0.1) is 12.4 Å². The van der Waals surface area contributed by atoms with Gasteiger partial charge in [0.15, 0.2) is 0 Å². The van der Waals surface area contributed by atoms with E-state index in [1.54, 1.807) is 0 Å². The van der Waals surface area contributed by atoms with E-state index in [1.165, 1.54) is 0 Å². The van der Waals surface area contributed by atoms with E-state index < -0.39 is 0 Å². The van der Waals surface area contributed by atoms with Gasteiger partial charge >= 0.3 is 23.1 Å². The van der Waals surface area contributed by atoms with E-state index in [-0.39, 0.29) is 38.3 Å².